The van der Waals surface area contributed by atoms with Crippen LogP contribution in [0, 0.1) is 12.8 Å². The summed E-state index contributed by atoms with van der Waals surface area (Å²) in [6.07, 6.45) is -5.71. The number of hydrogen-bond acceptors (Lipinski definition) is 8. The third-order valence-corrected chi connectivity index (χ3v) is 9.37. The number of benzene rings is 1. The highest BCUT2D eigenvalue weighted by Crippen LogP contribution is 2.38. The number of rotatable bonds is 9. The van der Waals surface area contributed by atoms with Gasteiger partial charge in [-0.25, -0.2) is 35.9 Å². The molecule has 3 heterocycles. The highest BCUT2D eigenvalue weighted by molar-refractivity contribution is 7.91. The smallest absolute Gasteiger partial charge is 0.268 e. The lowest BCUT2D eigenvalue weighted by Crippen LogP contribution is -2.41. The quantitative estimate of drug-likeness (QED) is 0.339. The van der Waals surface area contributed by atoms with Crippen molar-refractivity contribution in [2.45, 2.75) is 44.8 Å². The van der Waals surface area contributed by atoms with Crippen LogP contribution in [-0.2, 0) is 19.4 Å². The highest BCUT2D eigenvalue weighted by atomic mass is 32.2. The van der Waals surface area contributed by atoms with Gasteiger partial charge in [0.15, 0.2) is 0 Å². The van der Waals surface area contributed by atoms with Crippen molar-refractivity contribution in [1.82, 2.24) is 14.9 Å². The zero-order valence-electron chi connectivity index (χ0n) is 21.4. The molecule has 14 heteroatoms. The summed E-state index contributed by atoms with van der Waals surface area (Å²) in [4.78, 5) is 23.1. The second kappa shape index (κ2) is 11.7. The first kappa shape index (κ1) is 29.2. The van der Waals surface area contributed by atoms with Gasteiger partial charge in [-0.05, 0) is 37.5 Å². The van der Waals surface area contributed by atoms with Crippen molar-refractivity contribution >= 4 is 48.8 Å². The molecule has 1 aliphatic heterocycles. The lowest BCUT2D eigenvalue weighted by Gasteiger charge is -2.32. The number of aryl methyl sites for hydroxylation is 1. The zero-order valence-corrected chi connectivity index (χ0v) is 23.0. The SMILES string of the molecule is CO[C@@H](c1c(Nc2ccc([C@@H](C(F)F)N(C)C(=O)C3CCS(=O)(=O)CC3)cc2)cnc2sc(C)nc12)C(F)F. The number of amides is 1. The Hall–Kier alpha value is -2.84. The monoisotopic (exact) mass is 588 g/mol. The van der Waals surface area contributed by atoms with Crippen LogP contribution in [0.4, 0.5) is 28.9 Å². The van der Waals surface area contributed by atoms with Crippen molar-refractivity contribution < 1.29 is 35.5 Å². The third kappa shape index (κ3) is 6.33. The van der Waals surface area contributed by atoms with Crippen LogP contribution in [0.1, 0.15) is 41.1 Å². The largest absolute Gasteiger partial charge is 0.371 e. The molecule has 0 radical (unpaired) electrons. The number of ether oxygens (including phenoxy) is 1. The number of anilines is 2. The molecule has 0 bridgehead atoms. The van der Waals surface area contributed by atoms with Crippen LogP contribution in [-0.4, -0.2) is 67.7 Å². The van der Waals surface area contributed by atoms with E-state index < -0.39 is 46.7 Å². The summed E-state index contributed by atoms with van der Waals surface area (Å²) in [5.41, 5.74) is 1.24. The summed E-state index contributed by atoms with van der Waals surface area (Å²) in [6.45, 7) is 1.74. The summed E-state index contributed by atoms with van der Waals surface area (Å²) in [6, 6.07) is 4.30. The van der Waals surface area contributed by atoms with Gasteiger partial charge in [-0.15, -0.1) is 0 Å². The minimum absolute atomic E-state index is 0.102. The summed E-state index contributed by atoms with van der Waals surface area (Å²) in [7, 11) is -0.743. The number of fused-ring (bicyclic) bond motifs is 1. The molecule has 0 aliphatic carbocycles. The summed E-state index contributed by atoms with van der Waals surface area (Å²) < 4.78 is 84.4. The number of nitrogens with one attached hydrogen (secondary N) is 1. The maximum Gasteiger partial charge on any atom is 0.268 e. The van der Waals surface area contributed by atoms with Gasteiger partial charge in [-0.1, -0.05) is 23.5 Å². The number of hydrogen-bond donors (Lipinski definition) is 1. The average molecular weight is 589 g/mol. The molecule has 212 valence electrons. The highest BCUT2D eigenvalue weighted by Gasteiger charge is 2.36. The van der Waals surface area contributed by atoms with Crippen LogP contribution in [0.3, 0.4) is 0 Å². The van der Waals surface area contributed by atoms with Crippen molar-refractivity contribution in [3.05, 3.63) is 46.6 Å². The number of thiazole rings is 1. The van der Waals surface area contributed by atoms with Crippen molar-refractivity contribution in [2.75, 3.05) is 31.0 Å². The minimum Gasteiger partial charge on any atom is -0.371 e. The maximum absolute atomic E-state index is 14.1. The first-order valence-electron chi connectivity index (χ1n) is 12.1. The molecule has 0 spiro atoms. The van der Waals surface area contributed by atoms with Crippen molar-refractivity contribution in [3.8, 4) is 0 Å². The predicted octanol–water partition coefficient (Wildman–Crippen LogP) is 5.29. The maximum atomic E-state index is 14.1. The molecule has 1 N–H and O–H groups in total. The number of pyridine rings is 1. The van der Waals surface area contributed by atoms with E-state index in [2.05, 4.69) is 15.3 Å². The lowest BCUT2D eigenvalue weighted by atomic mass is 9.98. The average Bonchev–Trinajstić information content (AvgIpc) is 3.26. The van der Waals surface area contributed by atoms with Crippen LogP contribution >= 0.6 is 11.3 Å². The molecule has 1 aromatic carbocycles. The fourth-order valence-corrected chi connectivity index (χ4v) is 7.02. The van der Waals surface area contributed by atoms with E-state index in [0.717, 1.165) is 4.90 Å². The third-order valence-electron chi connectivity index (χ3n) is 6.78. The molecule has 8 nitrogen and oxygen atoms in total. The van der Waals surface area contributed by atoms with E-state index in [0.29, 0.717) is 21.0 Å². The Morgan fingerprint density at radius 1 is 1.13 bits per heavy atom. The summed E-state index contributed by atoms with van der Waals surface area (Å²) in [5.74, 6) is -1.46. The molecule has 1 amide bonds. The Morgan fingerprint density at radius 3 is 2.33 bits per heavy atom. The Labute approximate surface area is 227 Å². The second-order valence-corrected chi connectivity index (χ2v) is 12.8. The van der Waals surface area contributed by atoms with Gasteiger partial charge in [0, 0.05) is 31.3 Å². The fraction of sp³-hybridized carbons (Fsp3) is 0.480. The number of sulfone groups is 1. The van der Waals surface area contributed by atoms with E-state index in [-0.39, 0.29) is 41.2 Å². The molecule has 0 saturated carbocycles. The van der Waals surface area contributed by atoms with Crippen molar-refractivity contribution in [1.29, 1.82) is 0 Å². The zero-order chi connectivity index (χ0) is 28.5. The molecule has 1 fully saturated rings. The van der Waals surface area contributed by atoms with E-state index in [4.69, 9.17) is 4.74 Å². The normalized spacial score (nSPS) is 17.5. The topological polar surface area (TPSA) is 101 Å². The van der Waals surface area contributed by atoms with E-state index in [1.807, 2.05) is 0 Å². The Bertz CT molecular complexity index is 1420. The van der Waals surface area contributed by atoms with Gasteiger partial charge in [0.25, 0.3) is 12.9 Å². The first-order chi connectivity index (χ1) is 18.4. The molecular weight excluding hydrogens is 560 g/mol. The van der Waals surface area contributed by atoms with Crippen LogP contribution in [0.2, 0.25) is 0 Å². The molecule has 39 heavy (non-hydrogen) atoms. The van der Waals surface area contributed by atoms with Gasteiger partial charge in [-0.3, -0.25) is 4.79 Å². The van der Waals surface area contributed by atoms with Crippen molar-refractivity contribution in [2.24, 2.45) is 5.92 Å². The number of halogens is 4. The van der Waals surface area contributed by atoms with E-state index in [1.54, 1.807) is 6.92 Å². The Balaban J connectivity index is 1.58. The molecule has 2 atom stereocenters. The van der Waals surface area contributed by atoms with Crippen LogP contribution in [0.25, 0.3) is 10.3 Å². The molecule has 1 saturated heterocycles. The molecule has 4 rings (SSSR count). The number of nitrogens with zero attached hydrogens (tertiary/aromatic N) is 3. The van der Waals surface area contributed by atoms with Gasteiger partial charge < -0.3 is 15.0 Å². The number of carbonyl (C=O) groups excluding carboxylic acids is 1. The lowest BCUT2D eigenvalue weighted by molar-refractivity contribution is -0.140. The van der Waals surface area contributed by atoms with Gasteiger partial charge >= 0.3 is 0 Å². The number of methoxy groups -OCH3 is 1. The van der Waals surface area contributed by atoms with Gasteiger partial charge in [0.1, 0.15) is 32.3 Å². The van der Waals surface area contributed by atoms with Gasteiger partial charge in [-0.2, -0.15) is 0 Å². The van der Waals surface area contributed by atoms with Crippen LogP contribution < -0.4 is 5.32 Å². The first-order valence-corrected chi connectivity index (χ1v) is 14.7. The van der Waals surface area contributed by atoms with Crippen LogP contribution in [0.15, 0.2) is 30.5 Å². The van der Waals surface area contributed by atoms with E-state index in [1.165, 1.54) is 56.0 Å². The Kier molecular flexibility index (Phi) is 8.76. The number of aromatic nitrogens is 2. The molecule has 2 aromatic heterocycles. The molecule has 0 unspecified atom stereocenters. The minimum atomic E-state index is -3.20. The van der Waals surface area contributed by atoms with Gasteiger partial charge in [0.2, 0.25) is 5.91 Å². The second-order valence-electron chi connectivity index (χ2n) is 9.36. The number of alkyl halides is 4. The van der Waals surface area contributed by atoms with Gasteiger partial charge in [0.05, 0.1) is 28.4 Å². The van der Waals surface area contributed by atoms with E-state index in [9.17, 15) is 30.8 Å². The fourth-order valence-electron chi connectivity index (χ4n) is 4.75. The summed E-state index contributed by atoms with van der Waals surface area (Å²) in [5, 5.41) is 3.66. The predicted molar refractivity (Wildman–Crippen MR) is 141 cm³/mol. The summed E-state index contributed by atoms with van der Waals surface area (Å²) >= 11 is 1.26. The Morgan fingerprint density at radius 2 is 1.77 bits per heavy atom. The number of carbonyl (C=O) groups is 1. The molecular formula is C25H28F4N4O4S2. The van der Waals surface area contributed by atoms with E-state index >= 15 is 0 Å². The molecule has 1 aliphatic rings. The van der Waals surface area contributed by atoms with Crippen molar-refractivity contribution in [3.63, 3.8) is 0 Å². The molecule has 3 aromatic rings. The van der Waals surface area contributed by atoms with Crippen LogP contribution in [0.5, 0.6) is 0 Å². The standard InChI is InChI=1S/C25H28F4N4O4S2/c1-13-31-19-18(21(37-3)23(28)29)17(12-30-24(19)38-13)32-16-6-4-14(5-7-16)20(22(26)27)33(2)25(34)15-8-10-39(35,36)11-9-15/h4-7,12,15,20-23,32H,8-11H2,1-3H3/t20-,21-/m0/s1.